The maximum atomic E-state index is 12.0. The fourth-order valence-corrected chi connectivity index (χ4v) is 1.64. The van der Waals surface area contributed by atoms with Gasteiger partial charge in [-0.2, -0.15) is 0 Å². The highest BCUT2D eigenvalue weighted by atomic mass is 16.4. The first kappa shape index (κ1) is 12.0. The number of benzene rings is 1. The standard InChI is InChI=1S/C13H12N2O3/c1-8(13(17)18)15-12(16)10-4-2-6-11-9(10)5-3-7-14-11/h2-8H,1H3,(H,15,16)(H,17,18)/t8-/m1/s1. The molecule has 0 saturated carbocycles. The fraction of sp³-hybridized carbons (Fsp3) is 0.154. The molecule has 2 N–H and O–H groups in total. The first-order valence-electron chi connectivity index (χ1n) is 5.47. The molecule has 0 unspecified atom stereocenters. The highest BCUT2D eigenvalue weighted by Crippen LogP contribution is 2.16. The van der Waals surface area contributed by atoms with Crippen molar-refractivity contribution in [3.8, 4) is 0 Å². The lowest BCUT2D eigenvalue weighted by molar-refractivity contribution is -0.138. The van der Waals surface area contributed by atoms with Gasteiger partial charge in [0, 0.05) is 17.1 Å². The van der Waals surface area contributed by atoms with Gasteiger partial charge in [0.25, 0.3) is 5.91 Å². The fourth-order valence-electron chi connectivity index (χ4n) is 1.64. The predicted molar refractivity (Wildman–Crippen MR) is 66.3 cm³/mol. The second-order valence-electron chi connectivity index (χ2n) is 3.91. The number of fused-ring (bicyclic) bond motifs is 1. The van der Waals surface area contributed by atoms with Gasteiger partial charge in [-0.15, -0.1) is 0 Å². The Kier molecular flexibility index (Phi) is 3.23. The summed E-state index contributed by atoms with van der Waals surface area (Å²) in [6.45, 7) is 1.42. The maximum Gasteiger partial charge on any atom is 0.325 e. The van der Waals surface area contributed by atoms with Gasteiger partial charge in [0.1, 0.15) is 6.04 Å². The lowest BCUT2D eigenvalue weighted by atomic mass is 10.1. The number of rotatable bonds is 3. The Labute approximate surface area is 103 Å². The number of carbonyl (C=O) groups is 2. The lowest BCUT2D eigenvalue weighted by Gasteiger charge is -2.10. The maximum absolute atomic E-state index is 12.0. The summed E-state index contributed by atoms with van der Waals surface area (Å²) in [6, 6.07) is 7.75. The van der Waals surface area contributed by atoms with Crippen LogP contribution in [0.3, 0.4) is 0 Å². The number of hydrogen-bond acceptors (Lipinski definition) is 3. The van der Waals surface area contributed by atoms with Gasteiger partial charge in [-0.3, -0.25) is 14.6 Å². The van der Waals surface area contributed by atoms with Crippen molar-refractivity contribution < 1.29 is 14.7 Å². The normalized spacial score (nSPS) is 12.1. The molecule has 0 spiro atoms. The van der Waals surface area contributed by atoms with Crippen LogP contribution in [0.15, 0.2) is 36.5 Å². The summed E-state index contributed by atoms with van der Waals surface area (Å²) in [5, 5.41) is 11.9. The molecule has 5 heteroatoms. The minimum absolute atomic E-state index is 0.413. The van der Waals surface area contributed by atoms with E-state index in [1.54, 1.807) is 36.5 Å². The topological polar surface area (TPSA) is 79.3 Å². The van der Waals surface area contributed by atoms with Crippen LogP contribution < -0.4 is 5.32 Å². The molecule has 1 heterocycles. The van der Waals surface area contributed by atoms with E-state index in [4.69, 9.17) is 5.11 Å². The zero-order valence-electron chi connectivity index (χ0n) is 9.75. The average molecular weight is 244 g/mol. The number of nitrogens with one attached hydrogen (secondary N) is 1. The van der Waals surface area contributed by atoms with Gasteiger partial charge in [-0.25, -0.2) is 0 Å². The Morgan fingerprint density at radius 1 is 1.28 bits per heavy atom. The Morgan fingerprint density at radius 3 is 2.78 bits per heavy atom. The molecule has 5 nitrogen and oxygen atoms in total. The molecule has 1 aromatic carbocycles. The number of hydrogen-bond donors (Lipinski definition) is 2. The second kappa shape index (κ2) is 4.83. The molecule has 0 saturated heterocycles. The Balaban J connectivity index is 2.36. The smallest absolute Gasteiger partial charge is 0.325 e. The zero-order chi connectivity index (χ0) is 13.1. The van der Waals surface area contributed by atoms with E-state index in [1.807, 2.05) is 0 Å². The molecule has 0 aliphatic carbocycles. The summed E-state index contributed by atoms with van der Waals surface area (Å²) in [5.41, 5.74) is 1.13. The Morgan fingerprint density at radius 2 is 2.06 bits per heavy atom. The molecule has 2 aromatic rings. The number of pyridine rings is 1. The van der Waals surface area contributed by atoms with E-state index in [0.717, 1.165) is 0 Å². The number of amides is 1. The average Bonchev–Trinajstić information content (AvgIpc) is 2.37. The summed E-state index contributed by atoms with van der Waals surface area (Å²) in [6.07, 6.45) is 1.64. The van der Waals surface area contributed by atoms with Gasteiger partial charge < -0.3 is 10.4 Å². The van der Waals surface area contributed by atoms with Crippen LogP contribution in [-0.4, -0.2) is 28.0 Å². The van der Waals surface area contributed by atoms with Crippen molar-refractivity contribution >= 4 is 22.8 Å². The van der Waals surface area contributed by atoms with E-state index in [1.165, 1.54) is 6.92 Å². The zero-order valence-corrected chi connectivity index (χ0v) is 9.75. The number of aromatic nitrogens is 1. The summed E-state index contributed by atoms with van der Waals surface area (Å²) >= 11 is 0. The van der Waals surface area contributed by atoms with Gasteiger partial charge >= 0.3 is 5.97 Å². The molecule has 0 aliphatic rings. The molecule has 0 fully saturated rings. The predicted octanol–water partition coefficient (Wildman–Crippen LogP) is 1.44. The second-order valence-corrected chi connectivity index (χ2v) is 3.91. The molecule has 1 atom stereocenters. The van der Waals surface area contributed by atoms with Gasteiger partial charge in [0.2, 0.25) is 0 Å². The summed E-state index contributed by atoms with van der Waals surface area (Å²) in [5.74, 6) is -1.48. The van der Waals surface area contributed by atoms with Crippen LogP contribution in [0.25, 0.3) is 10.9 Å². The van der Waals surface area contributed by atoms with Gasteiger partial charge in [0.05, 0.1) is 5.52 Å². The third-order valence-corrected chi connectivity index (χ3v) is 2.61. The van der Waals surface area contributed by atoms with E-state index < -0.39 is 17.9 Å². The first-order valence-corrected chi connectivity index (χ1v) is 5.47. The Bertz CT molecular complexity index is 605. The molecule has 0 aliphatic heterocycles. The summed E-state index contributed by atoms with van der Waals surface area (Å²) in [4.78, 5) is 26.8. The molecule has 1 amide bonds. The summed E-state index contributed by atoms with van der Waals surface area (Å²) in [7, 11) is 0. The van der Waals surface area contributed by atoms with Crippen molar-refractivity contribution in [1.29, 1.82) is 0 Å². The van der Waals surface area contributed by atoms with Gasteiger partial charge in [-0.1, -0.05) is 12.1 Å². The van der Waals surface area contributed by atoms with E-state index in [2.05, 4.69) is 10.3 Å². The SMILES string of the molecule is C[C@@H](NC(=O)c1cccc2ncccc12)C(=O)O. The summed E-state index contributed by atoms with van der Waals surface area (Å²) < 4.78 is 0. The third kappa shape index (κ3) is 2.29. The van der Waals surface area contributed by atoms with Crippen LogP contribution in [0, 0.1) is 0 Å². The van der Waals surface area contributed by atoms with Crippen molar-refractivity contribution in [3.63, 3.8) is 0 Å². The van der Waals surface area contributed by atoms with E-state index in [0.29, 0.717) is 16.5 Å². The van der Waals surface area contributed by atoms with Crippen molar-refractivity contribution in [3.05, 3.63) is 42.1 Å². The minimum Gasteiger partial charge on any atom is -0.480 e. The van der Waals surface area contributed by atoms with E-state index in [9.17, 15) is 9.59 Å². The lowest BCUT2D eigenvalue weighted by Crippen LogP contribution is -2.38. The molecule has 92 valence electrons. The van der Waals surface area contributed by atoms with Crippen LogP contribution in [0.2, 0.25) is 0 Å². The third-order valence-electron chi connectivity index (χ3n) is 2.61. The van der Waals surface area contributed by atoms with Crippen LogP contribution in [0.1, 0.15) is 17.3 Å². The first-order chi connectivity index (χ1) is 8.59. The molecule has 0 bridgehead atoms. The molecule has 1 aromatic heterocycles. The van der Waals surface area contributed by atoms with Crippen LogP contribution >= 0.6 is 0 Å². The van der Waals surface area contributed by atoms with Gasteiger partial charge in [-0.05, 0) is 25.1 Å². The van der Waals surface area contributed by atoms with E-state index >= 15 is 0 Å². The van der Waals surface area contributed by atoms with Gasteiger partial charge in [0.15, 0.2) is 0 Å². The molecular formula is C13H12N2O3. The van der Waals surface area contributed by atoms with Crippen LogP contribution in [0.5, 0.6) is 0 Å². The molecule has 0 radical (unpaired) electrons. The van der Waals surface area contributed by atoms with Crippen molar-refractivity contribution in [2.45, 2.75) is 13.0 Å². The highest BCUT2D eigenvalue weighted by molar-refractivity contribution is 6.07. The van der Waals surface area contributed by atoms with E-state index in [-0.39, 0.29) is 0 Å². The minimum atomic E-state index is -1.07. The number of aliphatic carboxylic acids is 1. The van der Waals surface area contributed by atoms with Crippen molar-refractivity contribution in [2.24, 2.45) is 0 Å². The number of carbonyl (C=O) groups excluding carboxylic acids is 1. The Hall–Kier alpha value is -2.43. The highest BCUT2D eigenvalue weighted by Gasteiger charge is 2.16. The monoisotopic (exact) mass is 244 g/mol. The quantitative estimate of drug-likeness (QED) is 0.856. The van der Waals surface area contributed by atoms with Crippen molar-refractivity contribution in [2.75, 3.05) is 0 Å². The molecule has 2 rings (SSSR count). The number of carboxylic acid groups (broad SMARTS) is 1. The van der Waals surface area contributed by atoms with Crippen LogP contribution in [0.4, 0.5) is 0 Å². The largest absolute Gasteiger partial charge is 0.480 e. The van der Waals surface area contributed by atoms with Crippen LogP contribution in [-0.2, 0) is 4.79 Å². The van der Waals surface area contributed by atoms with Crippen molar-refractivity contribution in [1.82, 2.24) is 10.3 Å². The number of nitrogens with zero attached hydrogens (tertiary/aromatic N) is 1. The molecular weight excluding hydrogens is 232 g/mol. The molecule has 18 heavy (non-hydrogen) atoms. The number of carboxylic acids is 1.